The molecule has 0 aliphatic carbocycles. The lowest BCUT2D eigenvalue weighted by Gasteiger charge is -2.04. The zero-order valence-electron chi connectivity index (χ0n) is 14.3. The molecule has 2 heterocycles. The quantitative estimate of drug-likeness (QED) is 0.401. The van der Waals surface area contributed by atoms with Crippen LogP contribution >= 0.6 is 27.7 Å². The lowest BCUT2D eigenvalue weighted by Crippen LogP contribution is -1.96. The van der Waals surface area contributed by atoms with Gasteiger partial charge in [0, 0.05) is 15.8 Å². The van der Waals surface area contributed by atoms with Gasteiger partial charge in [0.1, 0.15) is 0 Å². The Morgan fingerprint density at radius 3 is 2.35 bits per heavy atom. The van der Waals surface area contributed by atoms with Gasteiger partial charge in [0.2, 0.25) is 5.16 Å². The maximum atomic E-state index is 4.75. The molecule has 0 aliphatic rings. The first-order valence-corrected chi connectivity index (χ1v) is 10.2. The number of nitrogens with zero attached hydrogens (tertiary/aromatic N) is 4. The number of thioether (sulfide) groups is 1. The molecule has 0 spiro atoms. The van der Waals surface area contributed by atoms with E-state index in [1.165, 1.54) is 11.1 Å². The maximum absolute atomic E-state index is 4.75. The third-order valence-corrected chi connectivity index (χ3v) is 5.69. The number of aryl methyl sites for hydroxylation is 1. The fraction of sp³-hybridized carbons (Fsp3) is 0.150. The molecule has 0 saturated heterocycles. The van der Waals surface area contributed by atoms with Gasteiger partial charge in [0.15, 0.2) is 5.65 Å². The number of hydrogen-bond acceptors (Lipinski definition) is 4. The molecule has 4 nitrogen and oxygen atoms in total. The molecule has 130 valence electrons. The van der Waals surface area contributed by atoms with E-state index < -0.39 is 0 Å². The van der Waals surface area contributed by atoms with E-state index in [1.54, 1.807) is 11.8 Å². The largest absolute Gasteiger partial charge is 0.212 e. The SMILES string of the molecule is CCc1ccc(-c2ccc3nnc(SCc4ccc(Br)cc4)n3n2)cc1. The molecule has 0 radical (unpaired) electrons. The summed E-state index contributed by atoms with van der Waals surface area (Å²) in [5.74, 6) is 0.825. The van der Waals surface area contributed by atoms with Crippen molar-refractivity contribution in [3.05, 3.63) is 76.3 Å². The van der Waals surface area contributed by atoms with Crippen LogP contribution in [0.1, 0.15) is 18.1 Å². The van der Waals surface area contributed by atoms with E-state index in [-0.39, 0.29) is 0 Å². The zero-order valence-corrected chi connectivity index (χ0v) is 16.7. The Kier molecular flexibility index (Phi) is 5.04. The zero-order chi connectivity index (χ0) is 17.9. The fourth-order valence-corrected chi connectivity index (χ4v) is 3.76. The van der Waals surface area contributed by atoms with E-state index in [4.69, 9.17) is 5.10 Å². The van der Waals surface area contributed by atoms with Crippen molar-refractivity contribution >= 4 is 33.3 Å². The van der Waals surface area contributed by atoms with Crippen molar-refractivity contribution in [2.75, 3.05) is 0 Å². The lowest BCUT2D eigenvalue weighted by molar-refractivity contribution is 0.813. The van der Waals surface area contributed by atoms with Gasteiger partial charge in [-0.15, -0.1) is 10.2 Å². The molecule has 0 aliphatic heterocycles. The molecular weight excluding hydrogens is 408 g/mol. The third-order valence-electron chi connectivity index (χ3n) is 4.17. The highest BCUT2D eigenvalue weighted by Crippen LogP contribution is 2.24. The summed E-state index contributed by atoms with van der Waals surface area (Å²) in [5.41, 5.74) is 5.34. The number of hydrogen-bond donors (Lipinski definition) is 0. The van der Waals surface area contributed by atoms with Crippen molar-refractivity contribution in [2.24, 2.45) is 0 Å². The molecule has 6 heteroatoms. The summed E-state index contributed by atoms with van der Waals surface area (Å²) in [6.45, 7) is 2.16. The van der Waals surface area contributed by atoms with E-state index >= 15 is 0 Å². The summed E-state index contributed by atoms with van der Waals surface area (Å²) in [6.07, 6.45) is 1.04. The summed E-state index contributed by atoms with van der Waals surface area (Å²) in [6, 6.07) is 20.8. The molecule has 0 atom stereocenters. The smallest absolute Gasteiger partial charge is 0.187 e. The fourth-order valence-electron chi connectivity index (χ4n) is 2.65. The minimum absolute atomic E-state index is 0.761. The van der Waals surface area contributed by atoms with Gasteiger partial charge in [-0.05, 0) is 41.8 Å². The van der Waals surface area contributed by atoms with Crippen molar-refractivity contribution < 1.29 is 0 Å². The van der Waals surface area contributed by atoms with Gasteiger partial charge in [0.25, 0.3) is 0 Å². The van der Waals surface area contributed by atoms with Gasteiger partial charge in [-0.25, -0.2) is 0 Å². The van der Waals surface area contributed by atoms with Crippen LogP contribution < -0.4 is 0 Å². The Morgan fingerprint density at radius 2 is 1.62 bits per heavy atom. The Labute approximate surface area is 164 Å². The van der Waals surface area contributed by atoms with Crippen LogP contribution in [0.25, 0.3) is 16.9 Å². The van der Waals surface area contributed by atoms with Gasteiger partial charge >= 0.3 is 0 Å². The Bertz CT molecular complexity index is 1030. The summed E-state index contributed by atoms with van der Waals surface area (Å²) in [7, 11) is 0. The first-order valence-electron chi connectivity index (χ1n) is 8.42. The molecule has 0 bridgehead atoms. The molecular formula is C20H17BrN4S. The van der Waals surface area contributed by atoms with Crippen molar-refractivity contribution in [3.8, 4) is 11.3 Å². The van der Waals surface area contributed by atoms with Crippen molar-refractivity contribution in [1.82, 2.24) is 19.8 Å². The standard InChI is InChI=1S/C20H17BrN4S/c1-2-14-3-7-16(8-4-14)18-11-12-19-22-23-20(25(19)24-18)26-13-15-5-9-17(21)10-6-15/h3-12H,2,13H2,1H3. The average molecular weight is 425 g/mol. The second kappa shape index (κ2) is 7.60. The normalized spacial score (nSPS) is 11.2. The van der Waals surface area contributed by atoms with Crippen LogP contribution in [-0.4, -0.2) is 19.8 Å². The summed E-state index contributed by atoms with van der Waals surface area (Å²) < 4.78 is 2.91. The summed E-state index contributed by atoms with van der Waals surface area (Å²) in [5, 5.41) is 14.1. The van der Waals surface area contributed by atoms with Crippen LogP contribution in [-0.2, 0) is 12.2 Å². The van der Waals surface area contributed by atoms with E-state index in [0.717, 1.165) is 38.7 Å². The average Bonchev–Trinajstić information content (AvgIpc) is 3.10. The van der Waals surface area contributed by atoms with Crippen LogP contribution in [0.15, 0.2) is 70.3 Å². The van der Waals surface area contributed by atoms with Crippen molar-refractivity contribution in [3.63, 3.8) is 0 Å². The van der Waals surface area contributed by atoms with Gasteiger partial charge in [-0.2, -0.15) is 9.61 Å². The monoisotopic (exact) mass is 424 g/mol. The Morgan fingerprint density at radius 1 is 0.885 bits per heavy atom. The topological polar surface area (TPSA) is 43.1 Å². The first-order chi connectivity index (χ1) is 12.7. The number of benzene rings is 2. The Hall–Kier alpha value is -2.18. The maximum Gasteiger partial charge on any atom is 0.212 e. The molecule has 0 unspecified atom stereocenters. The van der Waals surface area contributed by atoms with Gasteiger partial charge in [0.05, 0.1) is 5.69 Å². The number of aromatic nitrogens is 4. The number of fused-ring (bicyclic) bond motifs is 1. The van der Waals surface area contributed by atoms with Crippen LogP contribution in [0.5, 0.6) is 0 Å². The Balaban J connectivity index is 1.60. The van der Waals surface area contributed by atoms with Crippen molar-refractivity contribution in [1.29, 1.82) is 0 Å². The van der Waals surface area contributed by atoms with Gasteiger partial charge in [-0.3, -0.25) is 0 Å². The third kappa shape index (κ3) is 3.66. The summed E-state index contributed by atoms with van der Waals surface area (Å²) >= 11 is 5.10. The molecule has 2 aromatic heterocycles. The second-order valence-corrected chi connectivity index (χ2v) is 7.79. The highest BCUT2D eigenvalue weighted by molar-refractivity contribution is 9.10. The molecule has 0 N–H and O–H groups in total. The molecule has 4 rings (SSSR count). The second-order valence-electron chi connectivity index (χ2n) is 5.94. The van der Waals surface area contributed by atoms with Crippen LogP contribution in [0.4, 0.5) is 0 Å². The molecule has 4 aromatic rings. The lowest BCUT2D eigenvalue weighted by atomic mass is 10.1. The predicted octanol–water partition coefficient (Wildman–Crippen LogP) is 5.41. The van der Waals surface area contributed by atoms with Crippen molar-refractivity contribution in [2.45, 2.75) is 24.3 Å². The highest BCUT2D eigenvalue weighted by Gasteiger charge is 2.10. The predicted molar refractivity (Wildman–Crippen MR) is 109 cm³/mol. The molecule has 0 amide bonds. The summed E-state index contributed by atoms with van der Waals surface area (Å²) in [4.78, 5) is 0. The van der Waals surface area contributed by atoms with E-state index in [1.807, 2.05) is 28.8 Å². The van der Waals surface area contributed by atoms with Gasteiger partial charge < -0.3 is 0 Å². The van der Waals surface area contributed by atoms with E-state index in [9.17, 15) is 0 Å². The van der Waals surface area contributed by atoms with Crippen LogP contribution in [0, 0.1) is 0 Å². The first kappa shape index (κ1) is 17.2. The molecule has 2 aromatic carbocycles. The number of rotatable bonds is 5. The van der Waals surface area contributed by atoms with Crippen LogP contribution in [0.2, 0.25) is 0 Å². The minimum atomic E-state index is 0.761. The molecule has 0 saturated carbocycles. The van der Waals surface area contributed by atoms with E-state index in [0.29, 0.717) is 0 Å². The number of halogens is 1. The van der Waals surface area contributed by atoms with E-state index in [2.05, 4.69) is 69.4 Å². The minimum Gasteiger partial charge on any atom is -0.187 e. The molecule has 26 heavy (non-hydrogen) atoms. The highest BCUT2D eigenvalue weighted by atomic mass is 79.9. The van der Waals surface area contributed by atoms with Crippen LogP contribution in [0.3, 0.4) is 0 Å². The molecule has 0 fully saturated rings. The van der Waals surface area contributed by atoms with Gasteiger partial charge in [-0.1, -0.05) is 71.0 Å².